The van der Waals surface area contributed by atoms with Gasteiger partial charge in [-0.2, -0.15) is 0 Å². The van der Waals surface area contributed by atoms with Crippen LogP contribution in [0.1, 0.15) is 22.5 Å². The molecule has 0 bridgehead atoms. The second-order valence-electron chi connectivity index (χ2n) is 6.34. The van der Waals surface area contributed by atoms with E-state index in [1.54, 1.807) is 0 Å². The number of hydrogen-bond donors (Lipinski definition) is 1. The van der Waals surface area contributed by atoms with Crippen LogP contribution in [-0.4, -0.2) is 17.0 Å². The zero-order valence-electron chi connectivity index (χ0n) is 15.0. The molecule has 0 radical (unpaired) electrons. The van der Waals surface area contributed by atoms with Crippen molar-refractivity contribution in [2.45, 2.75) is 26.9 Å². The monoisotopic (exact) mass is 332 g/mol. The molecule has 0 saturated carbocycles. The van der Waals surface area contributed by atoms with Gasteiger partial charge in [-0.1, -0.05) is 60.2 Å². The summed E-state index contributed by atoms with van der Waals surface area (Å²) < 4.78 is 0. The van der Waals surface area contributed by atoms with Gasteiger partial charge in [0.25, 0.3) is 0 Å². The second kappa shape index (κ2) is 7.79. The van der Waals surface area contributed by atoms with Crippen molar-refractivity contribution in [2.24, 2.45) is 0 Å². The van der Waals surface area contributed by atoms with Crippen molar-refractivity contribution in [3.63, 3.8) is 0 Å². The molecule has 1 heterocycles. The van der Waals surface area contributed by atoms with Crippen LogP contribution < -0.4 is 10.2 Å². The van der Waals surface area contributed by atoms with Crippen LogP contribution in [0.2, 0.25) is 0 Å². The average molecular weight is 332 g/mol. The molecule has 0 atom stereocenters. The van der Waals surface area contributed by atoms with Crippen molar-refractivity contribution >= 4 is 11.6 Å². The molecule has 0 amide bonds. The Morgan fingerprint density at radius 2 is 1.60 bits per heavy atom. The Labute approximate surface area is 149 Å². The quantitative estimate of drug-likeness (QED) is 0.729. The lowest BCUT2D eigenvalue weighted by Crippen LogP contribution is -2.18. The smallest absolute Gasteiger partial charge is 0.134 e. The minimum Gasteiger partial charge on any atom is -0.366 e. The van der Waals surface area contributed by atoms with Crippen LogP contribution >= 0.6 is 0 Å². The average Bonchev–Trinajstić information content (AvgIpc) is 2.61. The van der Waals surface area contributed by atoms with Crippen molar-refractivity contribution in [1.82, 2.24) is 9.97 Å². The second-order valence-corrected chi connectivity index (χ2v) is 6.34. The lowest BCUT2D eigenvalue weighted by Gasteiger charge is -2.19. The van der Waals surface area contributed by atoms with Gasteiger partial charge in [0, 0.05) is 26.2 Å². The molecule has 25 heavy (non-hydrogen) atoms. The molecular weight excluding hydrogens is 308 g/mol. The van der Waals surface area contributed by atoms with E-state index in [0.29, 0.717) is 0 Å². The van der Waals surface area contributed by atoms with Crippen LogP contribution in [0.25, 0.3) is 0 Å². The van der Waals surface area contributed by atoms with Crippen molar-refractivity contribution < 1.29 is 0 Å². The van der Waals surface area contributed by atoms with E-state index < -0.39 is 0 Å². The molecule has 0 fully saturated rings. The molecule has 2 aromatic carbocycles. The van der Waals surface area contributed by atoms with E-state index in [1.165, 1.54) is 16.7 Å². The first-order valence-electron chi connectivity index (χ1n) is 8.50. The molecule has 4 heteroatoms. The summed E-state index contributed by atoms with van der Waals surface area (Å²) in [7, 11) is 2.05. The van der Waals surface area contributed by atoms with Crippen LogP contribution in [0.3, 0.4) is 0 Å². The first-order valence-corrected chi connectivity index (χ1v) is 8.50. The van der Waals surface area contributed by atoms with E-state index in [-0.39, 0.29) is 0 Å². The van der Waals surface area contributed by atoms with Crippen molar-refractivity contribution in [3.8, 4) is 0 Å². The number of hydrogen-bond acceptors (Lipinski definition) is 4. The molecule has 3 rings (SSSR count). The maximum atomic E-state index is 4.57. The van der Waals surface area contributed by atoms with Gasteiger partial charge in [-0.25, -0.2) is 9.97 Å². The van der Waals surface area contributed by atoms with Crippen molar-refractivity contribution in [1.29, 1.82) is 0 Å². The summed E-state index contributed by atoms with van der Waals surface area (Å²) in [6.07, 6.45) is 0. The van der Waals surface area contributed by atoms with Gasteiger partial charge in [0.1, 0.15) is 17.5 Å². The van der Waals surface area contributed by atoms with E-state index >= 15 is 0 Å². The molecule has 0 aliphatic carbocycles. The predicted octanol–water partition coefficient (Wildman–Crippen LogP) is 4.34. The summed E-state index contributed by atoms with van der Waals surface area (Å²) in [5, 5.41) is 3.40. The highest BCUT2D eigenvalue weighted by atomic mass is 15.2. The number of aryl methyl sites for hydroxylation is 2. The van der Waals surface area contributed by atoms with Crippen LogP contribution in [0.5, 0.6) is 0 Å². The number of nitrogens with one attached hydrogen (secondary N) is 1. The van der Waals surface area contributed by atoms with Crippen LogP contribution in [0, 0.1) is 13.8 Å². The number of rotatable bonds is 6. The summed E-state index contributed by atoms with van der Waals surface area (Å²) in [4.78, 5) is 11.2. The molecule has 0 unspecified atom stereocenters. The first-order chi connectivity index (χ1) is 12.1. The van der Waals surface area contributed by atoms with E-state index in [0.717, 1.165) is 30.5 Å². The van der Waals surface area contributed by atoms with Gasteiger partial charge in [-0.3, -0.25) is 0 Å². The summed E-state index contributed by atoms with van der Waals surface area (Å²) in [6.45, 7) is 5.59. The molecule has 1 aromatic heterocycles. The first kappa shape index (κ1) is 17.0. The summed E-state index contributed by atoms with van der Waals surface area (Å²) >= 11 is 0. The van der Waals surface area contributed by atoms with Gasteiger partial charge in [-0.05, 0) is 25.0 Å². The fraction of sp³-hybridized carbons (Fsp3) is 0.238. The third kappa shape index (κ3) is 4.80. The van der Waals surface area contributed by atoms with Crippen LogP contribution in [-0.2, 0) is 13.1 Å². The third-order valence-electron chi connectivity index (χ3n) is 4.07. The molecule has 3 aromatic rings. The third-order valence-corrected chi connectivity index (χ3v) is 4.07. The normalized spacial score (nSPS) is 10.5. The van der Waals surface area contributed by atoms with E-state index in [2.05, 4.69) is 82.7 Å². The Balaban J connectivity index is 1.70. The highest BCUT2D eigenvalue weighted by molar-refractivity contribution is 5.49. The minimum absolute atomic E-state index is 0.749. The SMILES string of the molecule is Cc1ccc(CNc2cc(N(C)Cc3ccccc3)nc(C)n2)cc1. The number of benzene rings is 2. The number of nitrogens with zero attached hydrogens (tertiary/aromatic N) is 3. The number of aromatic nitrogens is 2. The van der Waals surface area contributed by atoms with Crippen molar-refractivity contribution in [3.05, 3.63) is 83.2 Å². The van der Waals surface area contributed by atoms with E-state index in [4.69, 9.17) is 0 Å². The van der Waals surface area contributed by atoms with Gasteiger partial charge in [0.05, 0.1) is 0 Å². The largest absolute Gasteiger partial charge is 0.366 e. The van der Waals surface area contributed by atoms with Crippen LogP contribution in [0.15, 0.2) is 60.7 Å². The maximum absolute atomic E-state index is 4.57. The number of anilines is 2. The summed E-state index contributed by atoms with van der Waals surface area (Å²) in [5.74, 6) is 2.54. The lowest BCUT2D eigenvalue weighted by molar-refractivity contribution is 0.878. The zero-order chi connectivity index (χ0) is 17.6. The topological polar surface area (TPSA) is 41.0 Å². The lowest BCUT2D eigenvalue weighted by atomic mass is 10.1. The molecule has 128 valence electrons. The molecule has 0 spiro atoms. The Bertz CT molecular complexity index is 813. The standard InChI is InChI=1S/C21H24N4/c1-16-9-11-18(12-10-16)14-22-20-13-21(24-17(2)23-20)25(3)15-19-7-5-4-6-8-19/h4-13H,14-15H2,1-3H3,(H,22,23,24). The summed E-state index contributed by atoms with van der Waals surface area (Å²) in [5.41, 5.74) is 3.77. The van der Waals surface area contributed by atoms with Crippen LogP contribution in [0.4, 0.5) is 11.6 Å². The fourth-order valence-electron chi connectivity index (χ4n) is 2.67. The Morgan fingerprint density at radius 1 is 0.880 bits per heavy atom. The molecule has 0 saturated heterocycles. The molecule has 4 nitrogen and oxygen atoms in total. The molecule has 0 aliphatic rings. The fourth-order valence-corrected chi connectivity index (χ4v) is 2.67. The van der Waals surface area contributed by atoms with Gasteiger partial charge in [-0.15, -0.1) is 0 Å². The van der Waals surface area contributed by atoms with Gasteiger partial charge < -0.3 is 10.2 Å². The molecular formula is C21H24N4. The highest BCUT2D eigenvalue weighted by Gasteiger charge is 2.07. The highest BCUT2D eigenvalue weighted by Crippen LogP contribution is 2.17. The zero-order valence-corrected chi connectivity index (χ0v) is 15.0. The Hall–Kier alpha value is -2.88. The van der Waals surface area contributed by atoms with Gasteiger partial charge in [0.15, 0.2) is 0 Å². The molecule has 0 aliphatic heterocycles. The Morgan fingerprint density at radius 3 is 2.32 bits per heavy atom. The predicted molar refractivity (Wildman–Crippen MR) is 104 cm³/mol. The minimum atomic E-state index is 0.749. The maximum Gasteiger partial charge on any atom is 0.134 e. The van der Waals surface area contributed by atoms with Crippen molar-refractivity contribution in [2.75, 3.05) is 17.3 Å². The van der Waals surface area contributed by atoms with Gasteiger partial charge in [0.2, 0.25) is 0 Å². The van der Waals surface area contributed by atoms with E-state index in [1.807, 2.05) is 19.1 Å². The van der Waals surface area contributed by atoms with Gasteiger partial charge >= 0.3 is 0 Å². The Kier molecular flexibility index (Phi) is 5.29. The van der Waals surface area contributed by atoms with E-state index in [9.17, 15) is 0 Å². The molecule has 1 N–H and O–H groups in total. The summed E-state index contributed by atoms with van der Waals surface area (Å²) in [6, 6.07) is 20.9.